The van der Waals surface area contributed by atoms with Crippen LogP contribution in [0.1, 0.15) is 102 Å². The van der Waals surface area contributed by atoms with Crippen LogP contribution in [0.5, 0.6) is 0 Å². The first kappa shape index (κ1) is 54.2. The highest BCUT2D eigenvalue weighted by molar-refractivity contribution is 5.75. The van der Waals surface area contributed by atoms with E-state index < -0.39 is 36.6 Å². The highest BCUT2D eigenvalue weighted by Gasteiger charge is 2.40. The van der Waals surface area contributed by atoms with Crippen LogP contribution in [0, 0.1) is 23.7 Å². The van der Waals surface area contributed by atoms with E-state index >= 15 is 0 Å². The summed E-state index contributed by atoms with van der Waals surface area (Å²) < 4.78 is 4.61. The van der Waals surface area contributed by atoms with Crippen LogP contribution in [0.4, 0.5) is 0 Å². The number of hydrogen-bond donors (Lipinski definition) is 8. The molecule has 11 heteroatoms. The van der Waals surface area contributed by atoms with Gasteiger partial charge in [-0.25, -0.2) is 0 Å². The molecule has 9 N–H and O–H groups in total. The van der Waals surface area contributed by atoms with Crippen molar-refractivity contribution in [2.45, 2.75) is 140 Å². The molecule has 2 aromatic carbocycles. The second-order valence-corrected chi connectivity index (χ2v) is 16.3. The molecule has 2 aliphatic carbocycles. The van der Waals surface area contributed by atoms with Crippen molar-refractivity contribution >= 4 is 11.9 Å². The number of unbranched alkanes of at least 4 members (excludes halogenated alkanes) is 2. The predicted molar refractivity (Wildman–Crippen MR) is 248 cm³/mol. The van der Waals surface area contributed by atoms with Crippen molar-refractivity contribution in [3.05, 3.63) is 120 Å². The summed E-state index contributed by atoms with van der Waals surface area (Å²) in [6.07, 6.45) is 20.9. The maximum Gasteiger partial charge on any atom is 0.305 e. The molecule has 1 amide bonds. The lowest BCUT2D eigenvalue weighted by Crippen LogP contribution is -2.21. The Balaban J connectivity index is 0.000000401. The highest BCUT2D eigenvalue weighted by atomic mass is 16.5. The van der Waals surface area contributed by atoms with Crippen LogP contribution in [0.2, 0.25) is 0 Å². The van der Waals surface area contributed by atoms with Crippen molar-refractivity contribution in [3.63, 3.8) is 0 Å². The van der Waals surface area contributed by atoms with Gasteiger partial charge in [0.05, 0.1) is 43.7 Å². The lowest BCUT2D eigenvalue weighted by Gasteiger charge is -2.19. The molecular weight excluding hydrogens is 785 g/mol. The third-order valence-corrected chi connectivity index (χ3v) is 11.4. The minimum Gasteiger partial charge on any atom is -0.469 e. The van der Waals surface area contributed by atoms with Gasteiger partial charge in [-0.15, -0.1) is 0 Å². The molecule has 2 aromatic rings. The number of nitrogens with two attached hydrogens (primary N) is 1. The Morgan fingerprint density at radius 1 is 0.694 bits per heavy atom. The molecule has 62 heavy (non-hydrogen) atoms. The summed E-state index contributed by atoms with van der Waals surface area (Å²) >= 11 is 0. The summed E-state index contributed by atoms with van der Waals surface area (Å²) in [6, 6.07) is 20.1. The molecule has 346 valence electrons. The van der Waals surface area contributed by atoms with Gasteiger partial charge in [-0.3, -0.25) is 9.59 Å². The van der Waals surface area contributed by atoms with E-state index in [9.17, 15) is 40.2 Å². The molecular formula is C51H78N2O9. The molecule has 2 fully saturated rings. The summed E-state index contributed by atoms with van der Waals surface area (Å²) in [5, 5.41) is 64.6. The summed E-state index contributed by atoms with van der Waals surface area (Å²) in [5.74, 6) is -0.584. The van der Waals surface area contributed by atoms with E-state index in [2.05, 4.69) is 10.1 Å². The standard InChI is InChI=1S/C25H37NO4.C24H34O5.C2H7N/c1-2-26-25(30)13-9-4-3-8-12-21-22(24(29)18-23(21)28)17-16-20(27)15-14-19-10-6-5-7-11-19;1-29-24(28)12-8-3-2-7-11-20-21(23(27)17-22(20)26)16-15-19(25)14-13-18-9-5-4-6-10-18;1-2-3/h3,5-8,10-11,16-17,20-24,27-29H,2,4,9,12-15,18H2,1H3,(H,26,30);2,4-7,9-10,15-16,19-23,25-27H,3,8,11-14,17H2,1H3;2-3H2,1H3/b8-3+,17-16+;7-2+,16-15+;/t20-,21+,22+,23-,24+;19-,20+,21+,22-,23+;/m00./s1. The van der Waals surface area contributed by atoms with Crippen LogP contribution in [-0.2, 0) is 27.2 Å². The molecule has 0 bridgehead atoms. The summed E-state index contributed by atoms with van der Waals surface area (Å²) in [6.45, 7) is 5.22. The van der Waals surface area contributed by atoms with Crippen molar-refractivity contribution in [3.8, 4) is 0 Å². The zero-order valence-corrected chi connectivity index (χ0v) is 37.5. The van der Waals surface area contributed by atoms with Crippen molar-refractivity contribution in [2.75, 3.05) is 20.2 Å². The molecule has 10 atom stereocenters. The Morgan fingerprint density at radius 3 is 1.52 bits per heavy atom. The van der Waals surface area contributed by atoms with Gasteiger partial charge in [0.1, 0.15) is 0 Å². The summed E-state index contributed by atoms with van der Waals surface area (Å²) in [5.41, 5.74) is 7.22. The molecule has 0 aliphatic heterocycles. The topological polar surface area (TPSA) is 203 Å². The number of carbonyl (C=O) groups excluding carboxylic acids is 2. The average Bonchev–Trinajstić information content (AvgIpc) is 3.70. The van der Waals surface area contributed by atoms with Crippen LogP contribution in [-0.4, -0.2) is 99.3 Å². The number of hydrogen-bond acceptors (Lipinski definition) is 10. The fourth-order valence-electron chi connectivity index (χ4n) is 7.91. The monoisotopic (exact) mass is 863 g/mol. The van der Waals surface area contributed by atoms with Crippen LogP contribution in [0.3, 0.4) is 0 Å². The van der Waals surface area contributed by atoms with Gasteiger partial charge in [-0.1, -0.05) is 116 Å². The van der Waals surface area contributed by atoms with E-state index in [0.717, 1.165) is 45.1 Å². The molecule has 0 heterocycles. The van der Waals surface area contributed by atoms with Gasteiger partial charge in [0.15, 0.2) is 0 Å². The molecule has 0 radical (unpaired) electrons. The molecule has 0 saturated heterocycles. The normalized spacial score (nSPS) is 24.5. The molecule has 0 unspecified atom stereocenters. The van der Waals surface area contributed by atoms with Gasteiger partial charge in [0.2, 0.25) is 5.91 Å². The number of amides is 1. The molecule has 0 aromatic heterocycles. The number of esters is 1. The van der Waals surface area contributed by atoms with Crippen molar-refractivity contribution in [1.29, 1.82) is 0 Å². The molecule has 2 saturated carbocycles. The van der Waals surface area contributed by atoms with E-state index in [0.29, 0.717) is 57.9 Å². The Hall–Kier alpha value is -3.94. The maximum atomic E-state index is 11.4. The lowest BCUT2D eigenvalue weighted by molar-refractivity contribution is -0.140. The third kappa shape index (κ3) is 22.4. The van der Waals surface area contributed by atoms with Gasteiger partial charge in [0.25, 0.3) is 0 Å². The Labute approximate surface area is 371 Å². The van der Waals surface area contributed by atoms with E-state index in [4.69, 9.17) is 5.73 Å². The molecule has 4 rings (SSSR count). The van der Waals surface area contributed by atoms with E-state index in [-0.39, 0.29) is 35.5 Å². The largest absolute Gasteiger partial charge is 0.469 e. The van der Waals surface area contributed by atoms with Gasteiger partial charge >= 0.3 is 5.97 Å². The Morgan fingerprint density at radius 2 is 1.11 bits per heavy atom. The third-order valence-electron chi connectivity index (χ3n) is 11.4. The van der Waals surface area contributed by atoms with Gasteiger partial charge < -0.3 is 46.4 Å². The fraction of sp³-hybridized carbons (Fsp3) is 0.569. The van der Waals surface area contributed by atoms with Gasteiger partial charge in [-0.2, -0.15) is 0 Å². The number of benzene rings is 2. The number of rotatable bonds is 23. The minimum atomic E-state index is -0.597. The van der Waals surface area contributed by atoms with Crippen LogP contribution in [0.15, 0.2) is 109 Å². The second kappa shape index (κ2) is 32.7. The van der Waals surface area contributed by atoms with Crippen molar-refractivity contribution in [2.24, 2.45) is 29.4 Å². The number of allylic oxidation sites excluding steroid dienone is 4. The average molecular weight is 863 g/mol. The number of methoxy groups -OCH3 is 1. The number of aliphatic hydroxyl groups is 6. The van der Waals surface area contributed by atoms with E-state index in [1.54, 1.807) is 12.2 Å². The lowest BCUT2D eigenvalue weighted by atomic mass is 9.89. The number of nitrogens with one attached hydrogen (secondary N) is 1. The zero-order chi connectivity index (χ0) is 45.5. The Bertz CT molecular complexity index is 1580. The number of aliphatic hydroxyl groups excluding tert-OH is 6. The van der Waals surface area contributed by atoms with Gasteiger partial charge in [0, 0.05) is 44.1 Å². The quantitative estimate of drug-likeness (QED) is 0.0356. The predicted octanol–water partition coefficient (Wildman–Crippen LogP) is 6.30. The van der Waals surface area contributed by atoms with E-state index in [1.807, 2.05) is 111 Å². The minimum absolute atomic E-state index is 0.0581. The smallest absolute Gasteiger partial charge is 0.305 e. The summed E-state index contributed by atoms with van der Waals surface area (Å²) in [4.78, 5) is 22.5. The van der Waals surface area contributed by atoms with E-state index in [1.165, 1.54) is 18.2 Å². The first-order chi connectivity index (χ1) is 29.9. The highest BCUT2D eigenvalue weighted by Crippen LogP contribution is 2.37. The summed E-state index contributed by atoms with van der Waals surface area (Å²) in [7, 11) is 1.39. The Kier molecular flexibility index (Phi) is 28.6. The molecule has 11 nitrogen and oxygen atoms in total. The number of ether oxygens (including phenoxy) is 1. The van der Waals surface area contributed by atoms with Crippen molar-refractivity contribution in [1.82, 2.24) is 5.32 Å². The SMILES string of the molecule is CCN.CCNC(=O)CCC/C=C/C[C@@H]1[C@@H](/C=C/[C@@H](O)CCc2ccccc2)[C@H](O)C[C@@H]1O.COC(=O)CCC/C=C/C[C@@H]1[C@@H](/C=C/[C@@H](O)CCc2ccccc2)[C@H](O)C[C@@H]1O. The van der Waals surface area contributed by atoms with Crippen LogP contribution >= 0.6 is 0 Å². The zero-order valence-electron chi connectivity index (χ0n) is 37.5. The molecule has 0 spiro atoms. The number of aryl methyl sites for hydroxylation is 2. The van der Waals surface area contributed by atoms with Crippen LogP contribution in [0.25, 0.3) is 0 Å². The second-order valence-electron chi connectivity index (χ2n) is 16.3. The fourth-order valence-corrected chi connectivity index (χ4v) is 7.91. The molecule has 2 aliphatic rings. The first-order valence-electron chi connectivity index (χ1n) is 22.8. The maximum absolute atomic E-state index is 11.4. The van der Waals surface area contributed by atoms with Crippen LogP contribution < -0.4 is 11.1 Å². The first-order valence-corrected chi connectivity index (χ1v) is 22.8. The van der Waals surface area contributed by atoms with Crippen molar-refractivity contribution < 1.29 is 45.0 Å². The van der Waals surface area contributed by atoms with Gasteiger partial charge in [-0.05, 0) is 101 Å². The number of carbonyl (C=O) groups is 2.